The van der Waals surface area contributed by atoms with E-state index in [-0.39, 0.29) is 18.3 Å². The third-order valence-corrected chi connectivity index (χ3v) is 7.65. The smallest absolute Gasteiger partial charge is 0.453 e. The number of hydrogen-bond acceptors (Lipinski definition) is 10. The summed E-state index contributed by atoms with van der Waals surface area (Å²) in [4.78, 5) is 31.1. The van der Waals surface area contributed by atoms with E-state index in [1.54, 1.807) is 0 Å². The van der Waals surface area contributed by atoms with Crippen molar-refractivity contribution >= 4 is 18.4 Å². The molecule has 0 unspecified atom stereocenters. The Morgan fingerprint density at radius 1 is 0.571 bits per heavy atom. The van der Waals surface area contributed by atoms with Gasteiger partial charge in [-0.1, -0.05) is 64.2 Å². The molecule has 0 radical (unpaired) electrons. The second kappa shape index (κ2) is 27.6. The number of carbonyl (C=O) groups excluding carboxylic acids is 3. The highest BCUT2D eigenvalue weighted by molar-refractivity contribution is 5.67. The second-order valence-corrected chi connectivity index (χ2v) is 11.2. The summed E-state index contributed by atoms with van der Waals surface area (Å²) in [5, 5.41) is 11.7. The van der Waals surface area contributed by atoms with E-state index in [4.69, 9.17) is 15.6 Å². The van der Waals surface area contributed by atoms with Gasteiger partial charge in [-0.25, -0.2) is 14.4 Å². The van der Waals surface area contributed by atoms with Crippen LogP contribution < -0.4 is 11.1 Å². The summed E-state index contributed by atoms with van der Waals surface area (Å²) in [6, 6.07) is 0.893. The zero-order valence-corrected chi connectivity index (χ0v) is 26.7. The van der Waals surface area contributed by atoms with E-state index in [0.29, 0.717) is 12.1 Å². The molecule has 248 valence electrons. The molecule has 0 saturated heterocycles. The van der Waals surface area contributed by atoms with Crippen LogP contribution in [-0.4, -0.2) is 76.2 Å². The van der Waals surface area contributed by atoms with E-state index in [1.807, 2.05) is 0 Å². The van der Waals surface area contributed by atoms with Crippen LogP contribution in [0.2, 0.25) is 0 Å². The van der Waals surface area contributed by atoms with Crippen LogP contribution >= 0.6 is 0 Å². The van der Waals surface area contributed by atoms with E-state index in [1.165, 1.54) is 118 Å². The van der Waals surface area contributed by atoms with E-state index in [0.717, 1.165) is 38.5 Å². The van der Waals surface area contributed by atoms with Gasteiger partial charge in [0.05, 0.1) is 34.5 Å². The highest BCUT2D eigenvalue weighted by atomic mass is 16.7. The highest BCUT2D eigenvalue weighted by Gasteiger charge is 2.17. The van der Waals surface area contributed by atoms with E-state index >= 15 is 0 Å². The van der Waals surface area contributed by atoms with Gasteiger partial charge in [0.2, 0.25) is 0 Å². The van der Waals surface area contributed by atoms with Crippen molar-refractivity contribution in [1.82, 2.24) is 5.32 Å². The Balaban J connectivity index is 0.000000512. The third-order valence-electron chi connectivity index (χ3n) is 7.65. The molecule has 0 aromatic rings. The van der Waals surface area contributed by atoms with Crippen LogP contribution in [0.5, 0.6) is 0 Å². The molecule has 4 aliphatic carbocycles. The zero-order chi connectivity index (χ0) is 31.4. The van der Waals surface area contributed by atoms with Crippen LogP contribution in [0.4, 0.5) is 14.4 Å². The van der Waals surface area contributed by atoms with Gasteiger partial charge in [0.15, 0.2) is 0 Å². The molecule has 42 heavy (non-hydrogen) atoms. The first-order valence-electron chi connectivity index (χ1n) is 15.9. The molecular weight excluding hydrogens is 544 g/mol. The van der Waals surface area contributed by atoms with Crippen LogP contribution in [0.25, 0.3) is 0 Å². The summed E-state index contributed by atoms with van der Waals surface area (Å²) in [6.45, 7) is 0. The Kier molecular flexibility index (Phi) is 26.1. The monoisotopic (exact) mass is 604 g/mol. The molecule has 4 N–H and O–H groups in total. The first-order chi connectivity index (χ1) is 20.2. The van der Waals surface area contributed by atoms with E-state index in [2.05, 4.69) is 24.3 Å². The maximum absolute atomic E-state index is 10.7. The van der Waals surface area contributed by atoms with Crippen molar-refractivity contribution in [3.05, 3.63) is 0 Å². The number of amides is 1. The Hall–Kier alpha value is -2.27. The Labute approximate surface area is 253 Å². The minimum Gasteiger partial charge on any atom is -0.453 e. The molecule has 0 aliphatic heterocycles. The lowest BCUT2D eigenvalue weighted by atomic mass is 9.96. The number of ether oxygens (including phenoxy) is 5. The molecule has 4 rings (SSSR count). The SMILES string of the molecule is COC(=O)NC1CCCCC1.COC(=O)OC.COC(=O)OC1CCCCC1.NC1CCCCC1.OC1CCCCC1. The van der Waals surface area contributed by atoms with Crippen molar-refractivity contribution in [3.63, 3.8) is 0 Å². The average molecular weight is 605 g/mol. The Morgan fingerprint density at radius 2 is 0.976 bits per heavy atom. The number of alkyl carbamates (subject to hydrolysis) is 1. The van der Waals surface area contributed by atoms with Gasteiger partial charge < -0.3 is 39.8 Å². The van der Waals surface area contributed by atoms with Gasteiger partial charge >= 0.3 is 18.4 Å². The molecule has 4 fully saturated rings. The Bertz CT molecular complexity index is 603. The number of aliphatic hydroxyl groups is 1. The number of methoxy groups -OCH3 is 4. The topological polar surface area (TPSA) is 156 Å². The van der Waals surface area contributed by atoms with Gasteiger partial charge in [0.25, 0.3) is 0 Å². The molecule has 0 spiro atoms. The van der Waals surface area contributed by atoms with Crippen LogP contribution in [-0.2, 0) is 23.7 Å². The van der Waals surface area contributed by atoms with Gasteiger partial charge in [-0.3, -0.25) is 0 Å². The number of carbonyl (C=O) groups is 3. The van der Waals surface area contributed by atoms with Crippen molar-refractivity contribution in [2.45, 2.75) is 153 Å². The van der Waals surface area contributed by atoms with Crippen LogP contribution in [0, 0.1) is 0 Å². The molecule has 1 amide bonds. The normalized spacial score (nSPS) is 19.6. The van der Waals surface area contributed by atoms with Crippen molar-refractivity contribution in [3.8, 4) is 0 Å². The van der Waals surface area contributed by atoms with Crippen molar-refractivity contribution in [2.75, 3.05) is 28.4 Å². The quantitative estimate of drug-likeness (QED) is 0.227. The standard InChI is InChI=1S/C8H15NO2.C8H14O3.C6H13N.C6H12O.C3H6O3/c1-11-8(10)9-7-5-3-2-4-6-7;1-10-8(9)11-7-5-3-2-4-6-7;2*7-6-4-2-1-3-5-6;1-5-3(4)6-2/h7H,2-6H2,1H3,(H,9,10);7H,2-6H2,1H3;6H,1-5,7H2;6-7H,1-5H2;1-2H3. The van der Waals surface area contributed by atoms with Crippen molar-refractivity contribution < 1.29 is 43.2 Å². The first-order valence-corrected chi connectivity index (χ1v) is 15.9. The van der Waals surface area contributed by atoms with Crippen LogP contribution in [0.15, 0.2) is 0 Å². The van der Waals surface area contributed by atoms with Gasteiger partial charge in [0, 0.05) is 12.1 Å². The lowest BCUT2D eigenvalue weighted by Gasteiger charge is -2.21. The molecule has 4 aliphatic rings. The molecule has 11 heteroatoms. The third kappa shape index (κ3) is 24.3. The average Bonchev–Trinajstić information content (AvgIpc) is 3.03. The molecule has 0 bridgehead atoms. The second-order valence-electron chi connectivity index (χ2n) is 11.2. The van der Waals surface area contributed by atoms with Crippen molar-refractivity contribution in [1.29, 1.82) is 0 Å². The zero-order valence-electron chi connectivity index (χ0n) is 26.7. The summed E-state index contributed by atoms with van der Waals surface area (Å²) in [6.07, 6.45) is 22.8. The summed E-state index contributed by atoms with van der Waals surface area (Å²) in [5.41, 5.74) is 5.63. The fraction of sp³-hybridized carbons (Fsp3) is 0.903. The number of nitrogens with two attached hydrogens (primary N) is 1. The van der Waals surface area contributed by atoms with Gasteiger partial charge in [0.1, 0.15) is 6.10 Å². The van der Waals surface area contributed by atoms with Crippen LogP contribution in [0.3, 0.4) is 0 Å². The Morgan fingerprint density at radius 3 is 1.29 bits per heavy atom. The van der Waals surface area contributed by atoms with Gasteiger partial charge in [-0.2, -0.15) is 0 Å². The predicted octanol–water partition coefficient (Wildman–Crippen LogP) is 6.77. The highest BCUT2D eigenvalue weighted by Crippen LogP contribution is 2.20. The fourth-order valence-corrected chi connectivity index (χ4v) is 5.14. The fourth-order valence-electron chi connectivity index (χ4n) is 5.14. The summed E-state index contributed by atoms with van der Waals surface area (Å²) < 4.78 is 22.0. The maximum atomic E-state index is 10.7. The minimum absolute atomic E-state index is 0.0359. The lowest BCUT2D eigenvalue weighted by Crippen LogP contribution is -2.35. The maximum Gasteiger partial charge on any atom is 0.508 e. The summed E-state index contributed by atoms with van der Waals surface area (Å²) >= 11 is 0. The van der Waals surface area contributed by atoms with Crippen molar-refractivity contribution in [2.24, 2.45) is 5.73 Å². The number of nitrogens with one attached hydrogen (secondary N) is 1. The molecular formula is C31H60N2O9. The molecule has 0 atom stereocenters. The predicted molar refractivity (Wildman–Crippen MR) is 162 cm³/mol. The molecule has 11 nitrogen and oxygen atoms in total. The number of rotatable bonds is 2. The van der Waals surface area contributed by atoms with Gasteiger partial charge in [-0.15, -0.1) is 0 Å². The van der Waals surface area contributed by atoms with E-state index < -0.39 is 12.3 Å². The van der Waals surface area contributed by atoms with Gasteiger partial charge in [-0.05, 0) is 64.2 Å². The van der Waals surface area contributed by atoms with E-state index in [9.17, 15) is 14.4 Å². The number of aliphatic hydroxyl groups excluding tert-OH is 1. The van der Waals surface area contributed by atoms with Crippen LogP contribution in [0.1, 0.15) is 128 Å². The number of hydrogen-bond donors (Lipinski definition) is 3. The molecule has 4 saturated carbocycles. The summed E-state index contributed by atoms with van der Waals surface area (Å²) in [5.74, 6) is 0. The minimum atomic E-state index is -0.657. The largest absolute Gasteiger partial charge is 0.508 e. The first kappa shape index (κ1) is 39.7. The summed E-state index contributed by atoms with van der Waals surface area (Å²) in [7, 11) is 5.25. The lowest BCUT2D eigenvalue weighted by molar-refractivity contribution is 0.0231. The molecule has 0 aromatic heterocycles. The molecule has 0 aromatic carbocycles. The molecule has 0 heterocycles.